The fourth-order valence-electron chi connectivity index (χ4n) is 4.95. The van der Waals surface area contributed by atoms with E-state index in [1.807, 2.05) is 20.8 Å². The van der Waals surface area contributed by atoms with Gasteiger partial charge in [0.1, 0.15) is 5.60 Å². The molecule has 12 heteroatoms. The van der Waals surface area contributed by atoms with Crippen LogP contribution in [-0.4, -0.2) is 49.9 Å². The summed E-state index contributed by atoms with van der Waals surface area (Å²) in [6.07, 6.45) is 4.11. The third-order valence-corrected chi connectivity index (χ3v) is 9.72. The molecular formula is C29H42N4O6S2. The number of benzene rings is 1. The topological polar surface area (TPSA) is 136 Å². The van der Waals surface area contributed by atoms with E-state index in [2.05, 4.69) is 15.4 Å². The predicted molar refractivity (Wildman–Crippen MR) is 160 cm³/mol. The number of anilines is 1. The predicted octanol–water partition coefficient (Wildman–Crippen LogP) is 6.49. The normalized spacial score (nSPS) is 19.6. The summed E-state index contributed by atoms with van der Waals surface area (Å²) < 4.78 is 39.9. The molecule has 2 aromatic rings. The van der Waals surface area contributed by atoms with E-state index in [1.165, 1.54) is 6.07 Å². The van der Waals surface area contributed by atoms with E-state index >= 15 is 0 Å². The maximum absolute atomic E-state index is 13.3. The minimum Gasteiger partial charge on any atom is -0.447 e. The van der Waals surface area contributed by atoms with Crippen LogP contribution in [0.25, 0.3) is 10.4 Å². The second-order valence-corrected chi connectivity index (χ2v) is 14.8. The summed E-state index contributed by atoms with van der Waals surface area (Å²) in [7, 11) is -3.86. The summed E-state index contributed by atoms with van der Waals surface area (Å²) in [5, 5.41) is 6.64. The largest absolute Gasteiger partial charge is 0.447 e. The van der Waals surface area contributed by atoms with Gasteiger partial charge in [0.15, 0.2) is 0 Å². The van der Waals surface area contributed by atoms with Crippen LogP contribution in [0.1, 0.15) is 103 Å². The van der Waals surface area contributed by atoms with Gasteiger partial charge in [-0.05, 0) is 85.3 Å². The Morgan fingerprint density at radius 2 is 1.71 bits per heavy atom. The number of aromatic nitrogens is 1. The molecule has 2 amide bonds. The van der Waals surface area contributed by atoms with Gasteiger partial charge in [0.05, 0.1) is 26.6 Å². The standard InChI is InChI=1S/C29H42N4O6S2/c1-7-30-41(36,37)23-16-21(32-27(34)38-17(2)3)14-15-22(23)25-24(18-8-9-18)33-26(40-25)19-10-12-20(13-11-19)31-28(35)39-29(4,5)6/h14-20,30H,7-13H2,1-6H3,(H,31,35)(H,32,34)/t19-,20-. The van der Waals surface area contributed by atoms with Crippen molar-refractivity contribution in [2.24, 2.45) is 0 Å². The Kier molecular flexibility index (Phi) is 9.65. The van der Waals surface area contributed by atoms with Gasteiger partial charge in [-0.2, -0.15) is 0 Å². The average Bonchev–Trinajstić information content (AvgIpc) is 3.61. The van der Waals surface area contributed by atoms with Crippen molar-refractivity contribution in [1.82, 2.24) is 15.0 Å². The molecule has 1 heterocycles. The van der Waals surface area contributed by atoms with E-state index in [1.54, 1.807) is 44.2 Å². The molecule has 2 aliphatic rings. The molecule has 2 aliphatic carbocycles. The quantitative estimate of drug-likeness (QED) is 0.297. The van der Waals surface area contributed by atoms with Crippen molar-refractivity contribution in [3.05, 3.63) is 28.9 Å². The van der Waals surface area contributed by atoms with Gasteiger partial charge in [-0.1, -0.05) is 13.0 Å². The third-order valence-electron chi connectivity index (χ3n) is 6.87. The lowest BCUT2D eigenvalue weighted by Crippen LogP contribution is -2.40. The highest BCUT2D eigenvalue weighted by Gasteiger charge is 2.35. The average molecular weight is 607 g/mol. The van der Waals surface area contributed by atoms with Gasteiger partial charge in [-0.25, -0.2) is 27.7 Å². The summed E-state index contributed by atoms with van der Waals surface area (Å²) in [4.78, 5) is 30.5. The van der Waals surface area contributed by atoms with Crippen LogP contribution in [0, 0.1) is 0 Å². The molecule has 10 nitrogen and oxygen atoms in total. The lowest BCUT2D eigenvalue weighted by Gasteiger charge is -2.29. The highest BCUT2D eigenvalue weighted by atomic mass is 32.2. The molecule has 226 valence electrons. The minimum absolute atomic E-state index is 0.0581. The first kappa shape index (κ1) is 31.2. The number of nitrogens with zero attached hydrogens (tertiary/aromatic N) is 1. The Bertz CT molecular complexity index is 1350. The molecule has 0 saturated heterocycles. The number of carbonyl (C=O) groups is 2. The molecule has 0 unspecified atom stereocenters. The van der Waals surface area contributed by atoms with Gasteiger partial charge < -0.3 is 14.8 Å². The lowest BCUT2D eigenvalue weighted by atomic mass is 9.86. The van der Waals surface area contributed by atoms with Crippen LogP contribution in [0.3, 0.4) is 0 Å². The number of amides is 2. The highest BCUT2D eigenvalue weighted by molar-refractivity contribution is 7.89. The van der Waals surface area contributed by atoms with Gasteiger partial charge in [0, 0.05) is 35.7 Å². The van der Waals surface area contributed by atoms with Crippen molar-refractivity contribution in [2.75, 3.05) is 11.9 Å². The van der Waals surface area contributed by atoms with E-state index < -0.39 is 27.8 Å². The third kappa shape index (κ3) is 8.42. The summed E-state index contributed by atoms with van der Waals surface area (Å²) in [5.41, 5.74) is 1.33. The van der Waals surface area contributed by atoms with Crippen LogP contribution in [0.15, 0.2) is 23.1 Å². The van der Waals surface area contributed by atoms with Crippen molar-refractivity contribution in [3.63, 3.8) is 0 Å². The lowest BCUT2D eigenvalue weighted by molar-refractivity contribution is 0.0491. The van der Waals surface area contributed by atoms with E-state index in [4.69, 9.17) is 14.5 Å². The number of thiazole rings is 1. The molecule has 0 bridgehead atoms. The summed E-state index contributed by atoms with van der Waals surface area (Å²) in [6, 6.07) is 4.99. The second-order valence-electron chi connectivity index (χ2n) is 12.0. The van der Waals surface area contributed by atoms with Crippen LogP contribution in [-0.2, 0) is 19.5 Å². The first-order valence-corrected chi connectivity index (χ1v) is 16.7. The molecule has 2 fully saturated rings. The zero-order chi connectivity index (χ0) is 29.9. The number of ether oxygens (including phenoxy) is 2. The first-order chi connectivity index (χ1) is 19.3. The van der Waals surface area contributed by atoms with Crippen LogP contribution < -0.4 is 15.4 Å². The number of hydrogen-bond donors (Lipinski definition) is 3. The molecule has 2 saturated carbocycles. The Hall–Kier alpha value is -2.70. The molecule has 0 atom stereocenters. The minimum atomic E-state index is -3.86. The first-order valence-electron chi connectivity index (χ1n) is 14.4. The van der Waals surface area contributed by atoms with Crippen molar-refractivity contribution in [1.29, 1.82) is 0 Å². The zero-order valence-corrected chi connectivity index (χ0v) is 26.3. The molecule has 41 heavy (non-hydrogen) atoms. The second kappa shape index (κ2) is 12.7. The van der Waals surface area contributed by atoms with E-state index in [9.17, 15) is 18.0 Å². The Morgan fingerprint density at radius 3 is 2.29 bits per heavy atom. The Balaban J connectivity index is 1.59. The molecule has 0 aliphatic heterocycles. The molecule has 0 spiro atoms. The molecule has 1 aromatic heterocycles. The summed E-state index contributed by atoms with van der Waals surface area (Å²) >= 11 is 1.56. The van der Waals surface area contributed by atoms with Crippen molar-refractivity contribution < 1.29 is 27.5 Å². The Morgan fingerprint density at radius 1 is 1.05 bits per heavy atom. The smallest absolute Gasteiger partial charge is 0.411 e. The zero-order valence-electron chi connectivity index (χ0n) is 24.7. The van der Waals surface area contributed by atoms with Crippen molar-refractivity contribution >= 4 is 39.2 Å². The van der Waals surface area contributed by atoms with Gasteiger partial charge in [0.2, 0.25) is 10.0 Å². The van der Waals surface area contributed by atoms with Crippen LogP contribution in [0.2, 0.25) is 0 Å². The number of nitrogens with one attached hydrogen (secondary N) is 3. The number of rotatable bonds is 9. The molecule has 3 N–H and O–H groups in total. The molecular weight excluding hydrogens is 564 g/mol. The number of alkyl carbamates (subject to hydrolysis) is 1. The van der Waals surface area contributed by atoms with Crippen molar-refractivity contribution in [2.45, 2.75) is 115 Å². The van der Waals surface area contributed by atoms with Gasteiger partial charge in [-0.3, -0.25) is 5.32 Å². The maximum atomic E-state index is 13.3. The van der Waals surface area contributed by atoms with Crippen LogP contribution in [0.4, 0.5) is 15.3 Å². The van der Waals surface area contributed by atoms with Crippen LogP contribution >= 0.6 is 11.3 Å². The van der Waals surface area contributed by atoms with Gasteiger partial charge in [0.25, 0.3) is 0 Å². The van der Waals surface area contributed by atoms with E-state index in [0.717, 1.165) is 54.1 Å². The fourth-order valence-corrected chi connectivity index (χ4v) is 7.65. The number of carbonyl (C=O) groups excluding carboxylic acids is 2. The van der Waals surface area contributed by atoms with Gasteiger partial charge in [-0.15, -0.1) is 11.3 Å². The van der Waals surface area contributed by atoms with E-state index in [0.29, 0.717) is 17.2 Å². The molecule has 0 radical (unpaired) electrons. The number of hydrogen-bond acceptors (Lipinski definition) is 8. The number of sulfonamides is 1. The Labute approximate surface area is 247 Å². The van der Waals surface area contributed by atoms with E-state index in [-0.39, 0.29) is 29.5 Å². The fraction of sp³-hybridized carbons (Fsp3) is 0.621. The highest BCUT2D eigenvalue weighted by Crippen LogP contribution is 2.49. The maximum Gasteiger partial charge on any atom is 0.411 e. The monoisotopic (exact) mass is 606 g/mol. The summed E-state index contributed by atoms with van der Waals surface area (Å²) in [6.45, 7) is 11.0. The molecule has 4 rings (SSSR count). The van der Waals surface area contributed by atoms with Crippen molar-refractivity contribution in [3.8, 4) is 10.4 Å². The molecule has 1 aromatic carbocycles. The summed E-state index contributed by atoms with van der Waals surface area (Å²) in [5.74, 6) is 0.553. The van der Waals surface area contributed by atoms with Crippen LogP contribution in [0.5, 0.6) is 0 Å². The van der Waals surface area contributed by atoms with Gasteiger partial charge >= 0.3 is 12.2 Å². The SMILES string of the molecule is CCNS(=O)(=O)c1cc(NC(=O)OC(C)C)ccc1-c1sc([C@H]2CC[C@H](NC(=O)OC(C)(C)C)CC2)nc1C1CC1.